The summed E-state index contributed by atoms with van der Waals surface area (Å²) in [6.45, 7) is 8.03. The Hall–Kier alpha value is -5.08. The van der Waals surface area contributed by atoms with Gasteiger partial charge < -0.3 is 25.5 Å². The van der Waals surface area contributed by atoms with Crippen LogP contribution in [0.2, 0.25) is 0 Å². The molecule has 2 amide bonds. The molecular weight excluding hydrogens is 624 g/mol. The zero-order chi connectivity index (χ0) is 34.3. The average Bonchev–Trinajstić information content (AvgIpc) is 3.70. The topological polar surface area (TPSA) is 157 Å². The minimum atomic E-state index is -4.81. The number of rotatable bonds is 7. The van der Waals surface area contributed by atoms with E-state index in [1.165, 1.54) is 33.8 Å². The van der Waals surface area contributed by atoms with Crippen LogP contribution in [0.4, 0.5) is 29.1 Å². The monoisotopic (exact) mass is 658 g/mol. The van der Waals surface area contributed by atoms with E-state index in [9.17, 15) is 22.8 Å². The highest BCUT2D eigenvalue weighted by Crippen LogP contribution is 2.34. The van der Waals surface area contributed by atoms with Gasteiger partial charge in [-0.2, -0.15) is 23.5 Å². The highest BCUT2D eigenvalue weighted by atomic mass is 19.4. The largest absolute Gasteiger partial charge is 0.435 e. The van der Waals surface area contributed by atoms with E-state index in [4.69, 9.17) is 10.4 Å². The molecule has 3 N–H and O–H groups in total. The first-order valence-corrected chi connectivity index (χ1v) is 14.5. The molecule has 2 aromatic heterocycles. The van der Waals surface area contributed by atoms with Crippen LogP contribution in [0.15, 0.2) is 42.3 Å². The fourth-order valence-electron chi connectivity index (χ4n) is 5.11. The van der Waals surface area contributed by atoms with Gasteiger partial charge in [-0.1, -0.05) is 6.58 Å². The van der Waals surface area contributed by atoms with Gasteiger partial charge in [-0.15, -0.1) is 0 Å². The number of benzene rings is 1. The first-order chi connectivity index (χ1) is 22.4. The number of aliphatic hydroxyl groups excluding tert-OH is 1. The second-order valence-electron chi connectivity index (χ2n) is 10.7. The van der Waals surface area contributed by atoms with Gasteiger partial charge in [0.2, 0.25) is 6.41 Å². The highest BCUT2D eigenvalue weighted by molar-refractivity contribution is 5.96. The van der Waals surface area contributed by atoms with Gasteiger partial charge in [0.15, 0.2) is 17.0 Å². The number of halogens is 4. The summed E-state index contributed by atoms with van der Waals surface area (Å²) < 4.78 is 58.5. The maximum Gasteiger partial charge on any atom is 0.435 e. The van der Waals surface area contributed by atoms with Gasteiger partial charge in [-0.25, -0.2) is 9.37 Å². The SMILES string of the molecule is C=C(c1cn(CC#N)nc1C(F)(F)F)n1ccnc(Nc2cc(C)c(C(=O)N3CCN(C=O)CC3)c(F)c2)c1=NC.OC1CCNC1. The van der Waals surface area contributed by atoms with Gasteiger partial charge in [0.05, 0.1) is 23.4 Å². The summed E-state index contributed by atoms with van der Waals surface area (Å²) in [6, 6.07) is 4.40. The lowest BCUT2D eigenvalue weighted by Crippen LogP contribution is -2.48. The molecule has 1 unspecified atom stereocenters. The van der Waals surface area contributed by atoms with Crippen LogP contribution in [0.5, 0.6) is 0 Å². The third-order valence-corrected chi connectivity index (χ3v) is 7.48. The molecule has 5 rings (SSSR count). The van der Waals surface area contributed by atoms with Crippen molar-refractivity contribution < 1.29 is 32.3 Å². The molecule has 3 aromatic rings. The summed E-state index contributed by atoms with van der Waals surface area (Å²) in [6.07, 6.45) is 0.489. The Bertz CT molecular complexity index is 1710. The van der Waals surface area contributed by atoms with E-state index in [-0.39, 0.29) is 53.0 Å². The number of hydrogen-bond acceptors (Lipinski definition) is 9. The summed E-state index contributed by atoms with van der Waals surface area (Å²) in [7, 11) is 1.40. The van der Waals surface area contributed by atoms with Crippen LogP contribution in [0.25, 0.3) is 5.70 Å². The first kappa shape index (κ1) is 34.8. The number of aryl methyl sites for hydroxylation is 1. The van der Waals surface area contributed by atoms with E-state index in [1.54, 1.807) is 19.1 Å². The summed E-state index contributed by atoms with van der Waals surface area (Å²) in [5, 5.41) is 27.0. The minimum Gasteiger partial charge on any atom is -0.392 e. The molecule has 2 saturated heterocycles. The molecule has 2 aliphatic heterocycles. The van der Waals surface area contributed by atoms with E-state index in [0.717, 1.165) is 36.5 Å². The molecule has 0 spiro atoms. The highest BCUT2D eigenvalue weighted by Gasteiger charge is 2.38. The fourth-order valence-corrected chi connectivity index (χ4v) is 5.11. The van der Waals surface area contributed by atoms with Gasteiger partial charge in [-0.05, 0) is 37.6 Å². The molecule has 2 fully saturated rings. The lowest BCUT2D eigenvalue weighted by Gasteiger charge is -2.33. The van der Waals surface area contributed by atoms with E-state index < -0.39 is 30.1 Å². The molecule has 250 valence electrons. The zero-order valence-electron chi connectivity index (χ0n) is 25.8. The maximum absolute atomic E-state index is 15.2. The number of piperazine rings is 1. The Balaban J connectivity index is 0.000000748. The minimum absolute atomic E-state index is 0.0648. The number of nitriles is 1. The standard InChI is InChI=1S/C26H25F4N9O2.C4H9NO/c1-16-12-18(13-20(27)21(16)25(41)37-10-8-36(15-40)9-11-37)34-23-24(32-3)39(7-5-33-23)17(2)19-14-38(6-4-31)35-22(19)26(28,29)30;6-4-1-2-5-3-4/h5,7,12-15H,2,6,8-11H2,1,3H3,(H,33,34);4-6H,1-3H2. The smallest absolute Gasteiger partial charge is 0.392 e. The number of β-amino-alcohol motifs (C(OH)–C–C–N with tert-alkyl or cyclic N) is 1. The summed E-state index contributed by atoms with van der Waals surface area (Å²) in [5.41, 5.74) is -1.17. The first-order valence-electron chi connectivity index (χ1n) is 14.5. The maximum atomic E-state index is 15.2. The number of amides is 2. The molecule has 0 saturated carbocycles. The van der Waals surface area contributed by atoms with Crippen molar-refractivity contribution in [2.45, 2.75) is 32.2 Å². The number of nitrogens with zero attached hydrogens (tertiary/aromatic N) is 8. The van der Waals surface area contributed by atoms with Crippen LogP contribution in [0.3, 0.4) is 0 Å². The number of anilines is 2. The van der Waals surface area contributed by atoms with Crippen molar-refractivity contribution in [2.24, 2.45) is 4.99 Å². The van der Waals surface area contributed by atoms with Crippen LogP contribution >= 0.6 is 0 Å². The molecule has 2 aliphatic rings. The zero-order valence-corrected chi connectivity index (χ0v) is 25.8. The van der Waals surface area contributed by atoms with Crippen molar-refractivity contribution >= 4 is 29.5 Å². The molecule has 0 aliphatic carbocycles. The van der Waals surface area contributed by atoms with Gasteiger partial charge in [0.1, 0.15) is 12.4 Å². The Morgan fingerprint density at radius 3 is 2.55 bits per heavy atom. The third-order valence-electron chi connectivity index (χ3n) is 7.48. The van der Waals surface area contributed by atoms with Gasteiger partial charge in [0, 0.05) is 69.6 Å². The summed E-state index contributed by atoms with van der Waals surface area (Å²) in [5.74, 6) is -1.19. The van der Waals surface area contributed by atoms with Crippen molar-refractivity contribution in [3.63, 3.8) is 0 Å². The fraction of sp³-hybridized carbons (Fsp3) is 0.400. The molecule has 4 heterocycles. The van der Waals surface area contributed by atoms with E-state index in [2.05, 4.69) is 32.3 Å². The normalized spacial score (nSPS) is 16.7. The molecule has 1 aromatic carbocycles. The van der Waals surface area contributed by atoms with Crippen molar-refractivity contribution in [3.05, 3.63) is 71.0 Å². The molecule has 0 bridgehead atoms. The van der Waals surface area contributed by atoms with Crippen molar-refractivity contribution in [1.29, 1.82) is 5.26 Å². The second-order valence-corrected chi connectivity index (χ2v) is 10.7. The number of aliphatic hydroxyl groups is 1. The third kappa shape index (κ3) is 8.20. The Morgan fingerprint density at radius 1 is 1.30 bits per heavy atom. The lowest BCUT2D eigenvalue weighted by atomic mass is 10.0. The van der Waals surface area contributed by atoms with Gasteiger partial charge in [-0.3, -0.25) is 23.8 Å². The Morgan fingerprint density at radius 2 is 2.02 bits per heavy atom. The van der Waals surface area contributed by atoms with Crippen LogP contribution < -0.4 is 16.1 Å². The number of hydrogen-bond donors (Lipinski definition) is 3. The van der Waals surface area contributed by atoms with E-state index in [1.807, 2.05) is 0 Å². The van der Waals surface area contributed by atoms with Crippen molar-refractivity contribution in [3.8, 4) is 6.07 Å². The number of aromatic nitrogens is 4. The lowest BCUT2D eigenvalue weighted by molar-refractivity contribution is -0.141. The average molecular weight is 659 g/mol. The molecule has 47 heavy (non-hydrogen) atoms. The van der Waals surface area contributed by atoms with Crippen molar-refractivity contribution in [1.82, 2.24) is 34.4 Å². The molecule has 17 heteroatoms. The molecule has 1 atom stereocenters. The summed E-state index contributed by atoms with van der Waals surface area (Å²) >= 11 is 0. The molecule has 0 radical (unpaired) electrons. The number of carbonyl (C=O) groups is 2. The number of carbonyl (C=O) groups excluding carboxylic acids is 2. The predicted molar refractivity (Wildman–Crippen MR) is 162 cm³/mol. The predicted octanol–water partition coefficient (Wildman–Crippen LogP) is 2.12. The van der Waals surface area contributed by atoms with E-state index in [0.29, 0.717) is 25.1 Å². The quantitative estimate of drug-likeness (QED) is 0.258. The van der Waals surface area contributed by atoms with Gasteiger partial charge >= 0.3 is 6.18 Å². The Labute approximate surface area is 267 Å². The Kier molecular flexibility index (Phi) is 11.1. The van der Waals surface area contributed by atoms with E-state index >= 15 is 4.39 Å². The molecule has 13 nitrogen and oxygen atoms in total. The molecular formula is C30H34F4N10O3. The number of alkyl halides is 3. The van der Waals surface area contributed by atoms with Crippen LogP contribution in [0, 0.1) is 24.1 Å². The second kappa shape index (κ2) is 15.0. The van der Waals surface area contributed by atoms with Crippen LogP contribution in [-0.4, -0.2) is 99.0 Å². The van der Waals surface area contributed by atoms with Crippen LogP contribution in [0.1, 0.15) is 33.6 Å². The van der Waals surface area contributed by atoms with Crippen molar-refractivity contribution in [2.75, 3.05) is 51.6 Å². The number of nitrogens with one attached hydrogen (secondary N) is 2. The van der Waals surface area contributed by atoms with Gasteiger partial charge in [0.25, 0.3) is 5.91 Å². The van der Waals surface area contributed by atoms with Crippen LogP contribution in [-0.2, 0) is 17.5 Å². The summed E-state index contributed by atoms with van der Waals surface area (Å²) in [4.78, 5) is 35.3.